The summed E-state index contributed by atoms with van der Waals surface area (Å²) in [5, 5.41) is 3.29. The van der Waals surface area contributed by atoms with Crippen molar-refractivity contribution in [2.24, 2.45) is 0 Å². The van der Waals surface area contributed by atoms with E-state index >= 15 is 0 Å². The van der Waals surface area contributed by atoms with Gasteiger partial charge in [-0.3, -0.25) is 4.21 Å². The Bertz CT molecular complexity index is 140. The molecule has 0 bridgehead atoms. The summed E-state index contributed by atoms with van der Waals surface area (Å²) in [6.07, 6.45) is 1.16. The van der Waals surface area contributed by atoms with Crippen LogP contribution in [0.3, 0.4) is 0 Å². The molecule has 0 aromatic carbocycles. The molecule has 0 saturated heterocycles. The lowest BCUT2D eigenvalue weighted by molar-refractivity contribution is 0.395. The highest BCUT2D eigenvalue weighted by Gasteiger charge is 1.94. The first-order chi connectivity index (χ1) is 6.16. The van der Waals surface area contributed by atoms with E-state index < -0.39 is 10.8 Å². The maximum atomic E-state index is 11.0. The van der Waals surface area contributed by atoms with E-state index in [2.05, 4.69) is 24.3 Å². The largest absolute Gasteiger partial charge is 0.316 e. The number of hydrogen-bond acceptors (Lipinski definition) is 3. The first-order valence-corrected chi connectivity index (χ1v) is 6.36. The van der Waals surface area contributed by atoms with Crippen molar-refractivity contribution >= 4 is 10.8 Å². The van der Waals surface area contributed by atoms with Gasteiger partial charge in [-0.05, 0) is 33.6 Å². The molecule has 1 unspecified atom stereocenters. The molecule has 0 fully saturated rings. The van der Waals surface area contributed by atoms with Crippen molar-refractivity contribution in [1.82, 2.24) is 10.2 Å². The van der Waals surface area contributed by atoms with Crippen LogP contribution in [0.25, 0.3) is 0 Å². The van der Waals surface area contributed by atoms with Crippen molar-refractivity contribution in [3.63, 3.8) is 0 Å². The molecule has 3 nitrogen and oxygen atoms in total. The lowest BCUT2D eigenvalue weighted by Gasteiger charge is -2.09. The summed E-state index contributed by atoms with van der Waals surface area (Å²) >= 11 is 0. The van der Waals surface area contributed by atoms with E-state index in [1.165, 1.54) is 0 Å². The van der Waals surface area contributed by atoms with Gasteiger partial charge in [0, 0.05) is 28.9 Å². The topological polar surface area (TPSA) is 32.3 Å². The Kier molecular flexibility index (Phi) is 8.71. The molecular formula is C9H22N2OS. The third-order valence-electron chi connectivity index (χ3n) is 1.79. The summed E-state index contributed by atoms with van der Waals surface area (Å²) in [6.45, 7) is 4.99. The molecule has 13 heavy (non-hydrogen) atoms. The van der Waals surface area contributed by atoms with Gasteiger partial charge in [-0.2, -0.15) is 0 Å². The van der Waals surface area contributed by atoms with Crippen LogP contribution in [0.2, 0.25) is 0 Å². The summed E-state index contributed by atoms with van der Waals surface area (Å²) < 4.78 is 11.0. The highest BCUT2D eigenvalue weighted by Crippen LogP contribution is 1.82. The van der Waals surface area contributed by atoms with Crippen molar-refractivity contribution in [3.8, 4) is 0 Å². The smallest absolute Gasteiger partial charge is 0.0359 e. The number of hydrogen-bond donors (Lipinski definition) is 1. The average molecular weight is 206 g/mol. The van der Waals surface area contributed by atoms with Gasteiger partial charge in [0.05, 0.1) is 0 Å². The van der Waals surface area contributed by atoms with E-state index in [4.69, 9.17) is 0 Å². The second-order valence-electron chi connectivity index (χ2n) is 3.34. The van der Waals surface area contributed by atoms with Crippen LogP contribution in [0.5, 0.6) is 0 Å². The van der Waals surface area contributed by atoms with E-state index in [0.717, 1.165) is 37.6 Å². The SMILES string of the molecule is CCS(=O)CCNCCCN(C)C. The van der Waals surface area contributed by atoms with Gasteiger partial charge >= 0.3 is 0 Å². The van der Waals surface area contributed by atoms with Crippen molar-refractivity contribution in [2.75, 3.05) is 45.2 Å². The molecule has 4 heteroatoms. The van der Waals surface area contributed by atoms with E-state index in [-0.39, 0.29) is 0 Å². The van der Waals surface area contributed by atoms with Gasteiger partial charge in [-0.15, -0.1) is 0 Å². The van der Waals surface area contributed by atoms with Crippen LogP contribution in [-0.4, -0.2) is 54.3 Å². The lowest BCUT2D eigenvalue weighted by Crippen LogP contribution is -2.25. The molecule has 0 heterocycles. The molecule has 0 amide bonds. The molecule has 0 aromatic rings. The second kappa shape index (κ2) is 8.66. The van der Waals surface area contributed by atoms with E-state index in [1.807, 2.05) is 6.92 Å². The molecule has 0 saturated carbocycles. The van der Waals surface area contributed by atoms with Crippen LogP contribution in [0.4, 0.5) is 0 Å². The van der Waals surface area contributed by atoms with Crippen molar-refractivity contribution in [2.45, 2.75) is 13.3 Å². The van der Waals surface area contributed by atoms with Crippen molar-refractivity contribution < 1.29 is 4.21 Å². The lowest BCUT2D eigenvalue weighted by atomic mass is 10.4. The Hall–Kier alpha value is 0.0700. The molecule has 0 aliphatic heterocycles. The van der Waals surface area contributed by atoms with Gasteiger partial charge in [-0.1, -0.05) is 6.92 Å². The highest BCUT2D eigenvalue weighted by atomic mass is 32.2. The normalized spacial score (nSPS) is 13.5. The minimum Gasteiger partial charge on any atom is -0.316 e. The fraction of sp³-hybridized carbons (Fsp3) is 1.00. The Morgan fingerprint density at radius 3 is 2.54 bits per heavy atom. The third kappa shape index (κ3) is 9.99. The molecule has 1 N–H and O–H groups in total. The third-order valence-corrected chi connectivity index (χ3v) is 3.09. The molecule has 0 rings (SSSR count). The Morgan fingerprint density at radius 1 is 1.31 bits per heavy atom. The van der Waals surface area contributed by atoms with Crippen LogP contribution in [-0.2, 0) is 10.8 Å². The van der Waals surface area contributed by atoms with Gasteiger partial charge < -0.3 is 10.2 Å². The standard InChI is InChI=1S/C9H22N2OS/c1-4-13(12)9-7-10-6-5-8-11(2)3/h10H,4-9H2,1-3H3. The van der Waals surface area contributed by atoms with Crippen LogP contribution >= 0.6 is 0 Å². The molecule has 80 valence electrons. The van der Waals surface area contributed by atoms with E-state index in [0.29, 0.717) is 0 Å². The number of nitrogens with one attached hydrogen (secondary N) is 1. The van der Waals surface area contributed by atoms with E-state index in [9.17, 15) is 4.21 Å². The summed E-state index contributed by atoms with van der Waals surface area (Å²) in [5.41, 5.74) is 0. The van der Waals surface area contributed by atoms with Crippen LogP contribution in [0.1, 0.15) is 13.3 Å². The Balaban J connectivity index is 3.04. The maximum Gasteiger partial charge on any atom is 0.0359 e. The fourth-order valence-corrected chi connectivity index (χ4v) is 1.64. The zero-order valence-electron chi connectivity index (χ0n) is 9.01. The molecule has 0 radical (unpaired) electrons. The van der Waals surface area contributed by atoms with Crippen LogP contribution < -0.4 is 5.32 Å². The molecule has 1 atom stereocenters. The minimum absolute atomic E-state index is 0.614. The zero-order chi connectivity index (χ0) is 10.1. The van der Waals surface area contributed by atoms with Crippen LogP contribution in [0, 0.1) is 0 Å². The highest BCUT2D eigenvalue weighted by molar-refractivity contribution is 7.84. The minimum atomic E-state index is -0.614. The monoisotopic (exact) mass is 206 g/mol. The molecule has 0 aliphatic carbocycles. The summed E-state index contributed by atoms with van der Waals surface area (Å²) in [5.74, 6) is 1.57. The fourth-order valence-electron chi connectivity index (χ4n) is 0.976. The quantitative estimate of drug-likeness (QED) is 0.580. The summed E-state index contributed by atoms with van der Waals surface area (Å²) in [7, 11) is 3.54. The second-order valence-corrected chi connectivity index (χ2v) is 5.20. The van der Waals surface area contributed by atoms with Crippen LogP contribution in [0.15, 0.2) is 0 Å². The Labute approximate surface area is 84.3 Å². The van der Waals surface area contributed by atoms with Gasteiger partial charge in [-0.25, -0.2) is 0 Å². The number of nitrogens with zero attached hydrogens (tertiary/aromatic N) is 1. The molecule has 0 aromatic heterocycles. The number of rotatable bonds is 8. The predicted molar refractivity (Wildman–Crippen MR) is 59.6 cm³/mol. The Morgan fingerprint density at radius 2 is 2.00 bits per heavy atom. The van der Waals surface area contributed by atoms with Gasteiger partial charge in [0.2, 0.25) is 0 Å². The first kappa shape index (κ1) is 13.1. The van der Waals surface area contributed by atoms with Crippen molar-refractivity contribution in [1.29, 1.82) is 0 Å². The van der Waals surface area contributed by atoms with Gasteiger partial charge in [0.25, 0.3) is 0 Å². The summed E-state index contributed by atoms with van der Waals surface area (Å²) in [4.78, 5) is 2.17. The molecule has 0 aliphatic rings. The van der Waals surface area contributed by atoms with E-state index in [1.54, 1.807) is 0 Å². The van der Waals surface area contributed by atoms with Gasteiger partial charge in [0.1, 0.15) is 0 Å². The predicted octanol–water partition coefficient (Wildman–Crippen LogP) is 0.296. The summed E-state index contributed by atoms with van der Waals surface area (Å²) in [6, 6.07) is 0. The van der Waals surface area contributed by atoms with Crippen molar-refractivity contribution in [3.05, 3.63) is 0 Å². The maximum absolute atomic E-state index is 11.0. The molecule has 0 spiro atoms. The van der Waals surface area contributed by atoms with Gasteiger partial charge in [0.15, 0.2) is 0 Å². The molecular weight excluding hydrogens is 184 g/mol. The zero-order valence-corrected chi connectivity index (χ0v) is 9.82. The average Bonchev–Trinajstić information content (AvgIpc) is 2.10. The first-order valence-electron chi connectivity index (χ1n) is 4.87.